The van der Waals surface area contributed by atoms with Crippen molar-refractivity contribution in [2.45, 2.75) is 19.9 Å². The van der Waals surface area contributed by atoms with E-state index >= 15 is 0 Å². The van der Waals surface area contributed by atoms with E-state index in [0.29, 0.717) is 0 Å². The summed E-state index contributed by atoms with van der Waals surface area (Å²) in [7, 11) is 0. The van der Waals surface area contributed by atoms with Crippen LogP contribution in [0.4, 0.5) is 5.69 Å². The fourth-order valence-electron chi connectivity index (χ4n) is 1.28. The summed E-state index contributed by atoms with van der Waals surface area (Å²) in [5.74, 6) is 0. The van der Waals surface area contributed by atoms with Crippen LogP contribution in [0.1, 0.15) is 16.8 Å². The predicted octanol–water partition coefficient (Wildman–Crippen LogP) is 3.48. The molecule has 0 atom stereocenters. The summed E-state index contributed by atoms with van der Waals surface area (Å²) in [5.41, 5.74) is 1.00. The maximum absolute atomic E-state index is 4.35. The first kappa shape index (κ1) is 11.5. The molecule has 16 heavy (non-hydrogen) atoms. The highest BCUT2D eigenvalue weighted by Gasteiger charge is 2.00. The summed E-state index contributed by atoms with van der Waals surface area (Å²) in [6, 6.07) is 2.00. The molecule has 0 saturated heterocycles. The molecule has 0 unspecified atom stereocenters. The van der Waals surface area contributed by atoms with Crippen LogP contribution in [0.15, 0.2) is 29.1 Å². The third kappa shape index (κ3) is 3.02. The highest BCUT2D eigenvalue weighted by Crippen LogP contribution is 2.17. The van der Waals surface area contributed by atoms with Gasteiger partial charge in [0.05, 0.1) is 18.4 Å². The number of nitrogens with one attached hydrogen (secondary N) is 1. The lowest BCUT2D eigenvalue weighted by Gasteiger charge is -2.03. The molecule has 0 aromatic carbocycles. The Morgan fingerprint density at radius 3 is 2.94 bits per heavy atom. The van der Waals surface area contributed by atoms with Crippen LogP contribution in [0.5, 0.6) is 0 Å². The fourth-order valence-corrected chi connectivity index (χ4v) is 2.45. The van der Waals surface area contributed by atoms with Gasteiger partial charge in [-0.3, -0.25) is 4.98 Å². The van der Waals surface area contributed by atoms with Gasteiger partial charge in [0.15, 0.2) is 0 Å². The van der Waals surface area contributed by atoms with Crippen LogP contribution in [-0.4, -0.2) is 9.97 Å². The van der Waals surface area contributed by atoms with Gasteiger partial charge in [0.2, 0.25) is 0 Å². The molecule has 2 aromatic heterocycles. The molecule has 0 bridgehead atoms. The highest BCUT2D eigenvalue weighted by atomic mass is 79.9. The Labute approximate surface area is 107 Å². The van der Waals surface area contributed by atoms with Crippen molar-refractivity contribution >= 4 is 33.0 Å². The molecule has 2 heterocycles. The number of hydrogen-bond donors (Lipinski definition) is 1. The maximum atomic E-state index is 4.35. The van der Waals surface area contributed by atoms with E-state index in [1.807, 2.05) is 12.3 Å². The normalized spacial score (nSPS) is 10.4. The summed E-state index contributed by atoms with van der Waals surface area (Å²) in [4.78, 5) is 9.76. The van der Waals surface area contributed by atoms with E-state index < -0.39 is 0 Å². The van der Waals surface area contributed by atoms with Crippen LogP contribution < -0.4 is 5.32 Å². The third-order valence-electron chi connectivity index (χ3n) is 2.10. The summed E-state index contributed by atoms with van der Waals surface area (Å²) < 4.78 is 0.978. The summed E-state index contributed by atoms with van der Waals surface area (Å²) in [5, 5.41) is 4.40. The summed E-state index contributed by atoms with van der Waals surface area (Å²) in [6.45, 7) is 2.89. The molecule has 0 aliphatic heterocycles. The van der Waals surface area contributed by atoms with Crippen molar-refractivity contribution in [3.05, 3.63) is 39.0 Å². The molecule has 2 aromatic rings. The zero-order chi connectivity index (χ0) is 11.4. The van der Waals surface area contributed by atoms with E-state index in [4.69, 9.17) is 0 Å². The van der Waals surface area contributed by atoms with E-state index in [-0.39, 0.29) is 0 Å². The average molecular weight is 298 g/mol. The van der Waals surface area contributed by atoms with Gasteiger partial charge in [0.1, 0.15) is 5.01 Å². The molecule has 1 N–H and O–H groups in total. The van der Waals surface area contributed by atoms with Crippen LogP contribution in [0.3, 0.4) is 0 Å². The highest BCUT2D eigenvalue weighted by molar-refractivity contribution is 9.10. The maximum Gasteiger partial charge on any atom is 0.112 e. The van der Waals surface area contributed by atoms with Crippen molar-refractivity contribution in [3.8, 4) is 0 Å². The molecule has 3 nitrogen and oxygen atoms in total. The van der Waals surface area contributed by atoms with Gasteiger partial charge in [-0.15, -0.1) is 11.3 Å². The van der Waals surface area contributed by atoms with Crippen molar-refractivity contribution in [1.29, 1.82) is 0 Å². The third-order valence-corrected chi connectivity index (χ3v) is 3.67. The Morgan fingerprint density at radius 1 is 1.38 bits per heavy atom. The molecule has 0 radical (unpaired) electrons. The van der Waals surface area contributed by atoms with Gasteiger partial charge < -0.3 is 5.32 Å². The average Bonchev–Trinajstić information content (AvgIpc) is 2.74. The predicted molar refractivity (Wildman–Crippen MR) is 70.8 cm³/mol. The SMILES string of the molecule is CCc1cnc(CNc2cncc(Br)c2)s1. The molecule has 0 saturated carbocycles. The number of hydrogen-bond acceptors (Lipinski definition) is 4. The Bertz CT molecular complexity index is 470. The topological polar surface area (TPSA) is 37.8 Å². The molecular formula is C11H12BrN3S. The fraction of sp³-hybridized carbons (Fsp3) is 0.273. The number of thiazole rings is 1. The molecule has 5 heteroatoms. The molecule has 0 aliphatic rings. The second-order valence-corrected chi connectivity index (χ2v) is 5.43. The van der Waals surface area contributed by atoms with Gasteiger partial charge in [-0.1, -0.05) is 6.92 Å². The summed E-state index contributed by atoms with van der Waals surface area (Å²) >= 11 is 5.14. The number of aromatic nitrogens is 2. The van der Waals surface area contributed by atoms with E-state index in [9.17, 15) is 0 Å². The Hall–Kier alpha value is -0.940. The second kappa shape index (κ2) is 5.41. The molecular weight excluding hydrogens is 286 g/mol. The van der Waals surface area contributed by atoms with E-state index in [1.54, 1.807) is 23.7 Å². The number of halogens is 1. The molecule has 0 spiro atoms. The zero-order valence-corrected chi connectivity index (χ0v) is 11.3. The van der Waals surface area contributed by atoms with Crippen LogP contribution in [0, 0.1) is 0 Å². The van der Waals surface area contributed by atoms with Gasteiger partial charge in [0, 0.05) is 21.7 Å². The van der Waals surface area contributed by atoms with E-state index in [0.717, 1.165) is 28.1 Å². The Balaban J connectivity index is 1.96. The lowest BCUT2D eigenvalue weighted by molar-refractivity contribution is 1.09. The van der Waals surface area contributed by atoms with E-state index in [2.05, 4.69) is 38.1 Å². The first-order valence-corrected chi connectivity index (χ1v) is 6.67. The van der Waals surface area contributed by atoms with E-state index in [1.165, 1.54) is 4.88 Å². The number of rotatable bonds is 4. The van der Waals surface area contributed by atoms with Gasteiger partial charge in [-0.2, -0.15) is 0 Å². The van der Waals surface area contributed by atoms with Crippen LogP contribution in [0.2, 0.25) is 0 Å². The number of aryl methyl sites for hydroxylation is 1. The van der Waals surface area contributed by atoms with Crippen molar-refractivity contribution in [1.82, 2.24) is 9.97 Å². The minimum atomic E-state index is 0.753. The lowest BCUT2D eigenvalue weighted by atomic mass is 10.4. The first-order chi connectivity index (χ1) is 7.78. The zero-order valence-electron chi connectivity index (χ0n) is 8.90. The summed E-state index contributed by atoms with van der Waals surface area (Å²) in [6.07, 6.45) is 6.57. The van der Waals surface area contributed by atoms with Crippen molar-refractivity contribution in [3.63, 3.8) is 0 Å². The second-order valence-electron chi connectivity index (χ2n) is 3.32. The molecule has 0 aliphatic carbocycles. The van der Waals surface area contributed by atoms with Gasteiger partial charge >= 0.3 is 0 Å². The van der Waals surface area contributed by atoms with Crippen LogP contribution >= 0.6 is 27.3 Å². The monoisotopic (exact) mass is 297 g/mol. The molecule has 0 fully saturated rings. The molecule has 2 rings (SSSR count). The minimum absolute atomic E-state index is 0.753. The van der Waals surface area contributed by atoms with Gasteiger partial charge in [-0.05, 0) is 28.4 Å². The van der Waals surface area contributed by atoms with Crippen molar-refractivity contribution in [2.24, 2.45) is 0 Å². The Kier molecular flexibility index (Phi) is 3.90. The first-order valence-electron chi connectivity index (χ1n) is 5.06. The van der Waals surface area contributed by atoms with Crippen molar-refractivity contribution < 1.29 is 0 Å². The number of pyridine rings is 1. The number of nitrogens with zero attached hydrogens (tertiary/aromatic N) is 2. The standard InChI is InChI=1S/C11H12BrN3S/c1-2-10-6-15-11(16-10)7-14-9-3-8(12)4-13-5-9/h3-6,14H,2,7H2,1H3. The number of anilines is 1. The molecule has 84 valence electrons. The van der Waals surface area contributed by atoms with Gasteiger partial charge in [-0.25, -0.2) is 4.98 Å². The minimum Gasteiger partial charge on any atom is -0.377 e. The quantitative estimate of drug-likeness (QED) is 0.939. The van der Waals surface area contributed by atoms with Crippen LogP contribution in [-0.2, 0) is 13.0 Å². The molecule has 0 amide bonds. The van der Waals surface area contributed by atoms with Crippen LogP contribution in [0.25, 0.3) is 0 Å². The van der Waals surface area contributed by atoms with Gasteiger partial charge in [0.25, 0.3) is 0 Å². The lowest BCUT2D eigenvalue weighted by Crippen LogP contribution is -1.98. The smallest absolute Gasteiger partial charge is 0.112 e. The Morgan fingerprint density at radius 2 is 2.25 bits per heavy atom. The van der Waals surface area contributed by atoms with Crippen molar-refractivity contribution in [2.75, 3.05) is 5.32 Å². The largest absolute Gasteiger partial charge is 0.377 e.